The van der Waals surface area contributed by atoms with Crippen molar-refractivity contribution in [1.29, 1.82) is 0 Å². The van der Waals surface area contributed by atoms with Crippen LogP contribution in [0.4, 0.5) is 0 Å². The maximum atomic E-state index is 12.9. The highest BCUT2D eigenvalue weighted by Crippen LogP contribution is 2.29. The molecule has 1 aromatic carbocycles. The second kappa shape index (κ2) is 7.85. The minimum absolute atomic E-state index is 0.139. The Morgan fingerprint density at radius 1 is 1.24 bits per heavy atom. The molecule has 0 aromatic heterocycles. The van der Waals surface area contributed by atoms with E-state index >= 15 is 0 Å². The number of rotatable bonds is 7. The summed E-state index contributed by atoms with van der Waals surface area (Å²) in [6.45, 7) is 6.23. The lowest BCUT2D eigenvalue weighted by atomic mass is 9.87. The largest absolute Gasteiger partial charge is 0.381 e. The topological polar surface area (TPSA) is 66.9 Å². The monoisotopic (exact) mass is 368 g/mol. The lowest BCUT2D eigenvalue weighted by molar-refractivity contribution is -0.0145. The maximum Gasteiger partial charge on any atom is 0.254 e. The Morgan fingerprint density at radius 2 is 1.84 bits per heavy atom. The molecule has 1 aliphatic rings. The summed E-state index contributed by atoms with van der Waals surface area (Å²) in [6.07, 6.45) is 1.83. The van der Waals surface area contributed by atoms with Gasteiger partial charge in [-0.2, -0.15) is 4.31 Å². The summed E-state index contributed by atoms with van der Waals surface area (Å²) >= 11 is 0. The molecule has 0 heterocycles. The number of benzene rings is 1. The molecule has 1 aromatic rings. The van der Waals surface area contributed by atoms with Crippen LogP contribution in [0.25, 0.3) is 0 Å². The molecule has 0 N–H and O–H groups in total. The molecule has 1 aliphatic carbocycles. The van der Waals surface area contributed by atoms with E-state index < -0.39 is 10.0 Å². The Bertz CT molecular complexity index is 723. The summed E-state index contributed by atoms with van der Waals surface area (Å²) in [5.41, 5.74) is 1.22. The van der Waals surface area contributed by atoms with Crippen molar-refractivity contribution in [3.63, 3.8) is 0 Å². The van der Waals surface area contributed by atoms with Crippen molar-refractivity contribution in [3.8, 4) is 0 Å². The number of aryl methyl sites for hydroxylation is 1. The number of hydrogen-bond donors (Lipinski definition) is 0. The molecule has 0 radical (unpaired) electrons. The highest BCUT2D eigenvalue weighted by molar-refractivity contribution is 7.89. The molecular weight excluding hydrogens is 340 g/mol. The molecule has 6 nitrogen and oxygen atoms in total. The quantitative estimate of drug-likeness (QED) is 0.740. The van der Waals surface area contributed by atoms with Gasteiger partial charge in [0, 0.05) is 38.9 Å². The standard InChI is InChI=1S/C18H28N2O4S/c1-6-20(7-2)25(22,23)16-9-8-13(3)17(12-16)18(21)19(4)14-10-15(11-14)24-5/h8-9,12,14-15H,6-7,10-11H2,1-5H3. The predicted octanol–water partition coefficient (Wildman–Crippen LogP) is 2.27. The van der Waals surface area contributed by atoms with Gasteiger partial charge in [-0.1, -0.05) is 19.9 Å². The van der Waals surface area contributed by atoms with Gasteiger partial charge in [0.2, 0.25) is 10.0 Å². The lowest BCUT2D eigenvalue weighted by Gasteiger charge is -2.40. The average molecular weight is 368 g/mol. The van der Waals surface area contributed by atoms with Crippen LogP contribution < -0.4 is 0 Å². The molecule has 0 aliphatic heterocycles. The number of ether oxygens (including phenoxy) is 1. The van der Waals surface area contributed by atoms with Gasteiger partial charge < -0.3 is 9.64 Å². The summed E-state index contributed by atoms with van der Waals surface area (Å²) in [6, 6.07) is 4.93. The molecule has 2 rings (SSSR count). The van der Waals surface area contributed by atoms with E-state index in [1.807, 2.05) is 6.92 Å². The minimum Gasteiger partial charge on any atom is -0.381 e. The van der Waals surface area contributed by atoms with Crippen molar-refractivity contribution >= 4 is 15.9 Å². The first-order valence-electron chi connectivity index (χ1n) is 8.66. The van der Waals surface area contributed by atoms with Crippen molar-refractivity contribution < 1.29 is 17.9 Å². The summed E-state index contributed by atoms with van der Waals surface area (Å²) in [7, 11) is -0.139. The van der Waals surface area contributed by atoms with E-state index in [9.17, 15) is 13.2 Å². The first-order chi connectivity index (χ1) is 11.8. The third-order valence-electron chi connectivity index (χ3n) is 5.05. The van der Waals surface area contributed by atoms with Crippen LogP contribution >= 0.6 is 0 Å². The van der Waals surface area contributed by atoms with E-state index in [-0.39, 0.29) is 22.9 Å². The fourth-order valence-electron chi connectivity index (χ4n) is 3.11. The Balaban J connectivity index is 2.29. The highest BCUT2D eigenvalue weighted by atomic mass is 32.2. The Labute approximate surface area is 150 Å². The minimum atomic E-state index is -3.58. The van der Waals surface area contributed by atoms with E-state index in [2.05, 4.69) is 0 Å². The normalized spacial score (nSPS) is 20.4. The van der Waals surface area contributed by atoms with E-state index in [0.29, 0.717) is 18.7 Å². The molecule has 7 heteroatoms. The molecule has 1 saturated carbocycles. The molecular formula is C18H28N2O4S. The Kier molecular flexibility index (Phi) is 6.24. The summed E-state index contributed by atoms with van der Waals surface area (Å²) in [5, 5.41) is 0. The van der Waals surface area contributed by atoms with Crippen LogP contribution in [0.15, 0.2) is 23.1 Å². The van der Waals surface area contributed by atoms with E-state index in [1.165, 1.54) is 10.4 Å². The summed E-state index contributed by atoms with van der Waals surface area (Å²) < 4.78 is 32.1. The highest BCUT2D eigenvalue weighted by Gasteiger charge is 2.35. The lowest BCUT2D eigenvalue weighted by Crippen LogP contribution is -2.48. The third-order valence-corrected chi connectivity index (χ3v) is 7.10. The maximum absolute atomic E-state index is 12.9. The molecule has 1 amide bonds. The number of hydrogen-bond acceptors (Lipinski definition) is 4. The number of carbonyl (C=O) groups is 1. The zero-order valence-corrected chi connectivity index (χ0v) is 16.5. The zero-order chi connectivity index (χ0) is 18.8. The molecule has 0 unspecified atom stereocenters. The van der Waals surface area contributed by atoms with Crippen molar-refractivity contribution in [1.82, 2.24) is 9.21 Å². The van der Waals surface area contributed by atoms with Gasteiger partial charge in [-0.3, -0.25) is 4.79 Å². The molecule has 25 heavy (non-hydrogen) atoms. The van der Waals surface area contributed by atoms with Crippen LogP contribution in [-0.2, 0) is 14.8 Å². The van der Waals surface area contributed by atoms with Crippen molar-refractivity contribution in [3.05, 3.63) is 29.3 Å². The van der Waals surface area contributed by atoms with Crippen molar-refractivity contribution in [2.75, 3.05) is 27.2 Å². The molecule has 0 spiro atoms. The van der Waals surface area contributed by atoms with Gasteiger partial charge in [0.05, 0.1) is 11.0 Å². The second-order valence-corrected chi connectivity index (χ2v) is 8.40. The molecule has 140 valence electrons. The van der Waals surface area contributed by atoms with E-state index in [1.54, 1.807) is 45.0 Å². The number of sulfonamides is 1. The number of carbonyl (C=O) groups excluding carboxylic acids is 1. The van der Waals surface area contributed by atoms with Crippen LogP contribution in [0.5, 0.6) is 0 Å². The first kappa shape index (κ1) is 19.9. The van der Waals surface area contributed by atoms with Gasteiger partial charge in [0.25, 0.3) is 5.91 Å². The van der Waals surface area contributed by atoms with E-state index in [4.69, 9.17) is 4.74 Å². The number of nitrogens with zero attached hydrogens (tertiary/aromatic N) is 2. The summed E-state index contributed by atoms with van der Waals surface area (Å²) in [5.74, 6) is -0.145. The fraction of sp³-hybridized carbons (Fsp3) is 0.611. The fourth-order valence-corrected chi connectivity index (χ4v) is 4.59. The first-order valence-corrected chi connectivity index (χ1v) is 10.1. The smallest absolute Gasteiger partial charge is 0.254 e. The van der Waals surface area contributed by atoms with Gasteiger partial charge in [0.15, 0.2) is 0 Å². The van der Waals surface area contributed by atoms with E-state index in [0.717, 1.165) is 18.4 Å². The van der Waals surface area contributed by atoms with Gasteiger partial charge in [0.1, 0.15) is 0 Å². The summed E-state index contributed by atoms with van der Waals surface area (Å²) in [4.78, 5) is 14.7. The van der Waals surface area contributed by atoms with Crippen molar-refractivity contribution in [2.24, 2.45) is 0 Å². The van der Waals surface area contributed by atoms with Crippen LogP contribution in [0.2, 0.25) is 0 Å². The third kappa shape index (κ3) is 3.88. The second-order valence-electron chi connectivity index (χ2n) is 6.47. The number of amides is 1. The molecule has 0 bridgehead atoms. The number of methoxy groups -OCH3 is 1. The van der Waals surface area contributed by atoms with Crippen molar-refractivity contribution in [2.45, 2.75) is 50.7 Å². The van der Waals surface area contributed by atoms with Gasteiger partial charge in [-0.15, -0.1) is 0 Å². The molecule has 0 saturated heterocycles. The van der Waals surface area contributed by atoms with Crippen LogP contribution in [0.1, 0.15) is 42.6 Å². The Morgan fingerprint density at radius 3 is 2.36 bits per heavy atom. The van der Waals surface area contributed by atoms with Crippen LogP contribution in [0, 0.1) is 6.92 Å². The zero-order valence-electron chi connectivity index (χ0n) is 15.7. The van der Waals surface area contributed by atoms with Crippen LogP contribution in [-0.4, -0.2) is 62.9 Å². The van der Waals surface area contributed by atoms with Gasteiger partial charge in [-0.05, 0) is 37.5 Å². The molecule has 1 fully saturated rings. The van der Waals surface area contributed by atoms with Gasteiger partial charge in [-0.25, -0.2) is 8.42 Å². The SMILES string of the molecule is CCN(CC)S(=O)(=O)c1ccc(C)c(C(=O)N(C)C2CC(OC)C2)c1. The average Bonchev–Trinajstić information content (AvgIpc) is 2.54. The van der Waals surface area contributed by atoms with Crippen LogP contribution in [0.3, 0.4) is 0 Å². The Hall–Kier alpha value is -1.44. The predicted molar refractivity (Wildman–Crippen MR) is 97.2 cm³/mol. The molecule has 0 atom stereocenters. The van der Waals surface area contributed by atoms with Gasteiger partial charge >= 0.3 is 0 Å².